The van der Waals surface area contributed by atoms with E-state index >= 15 is 0 Å². The lowest BCUT2D eigenvalue weighted by Crippen LogP contribution is -3.00. The van der Waals surface area contributed by atoms with Gasteiger partial charge >= 0.3 is 5.97 Å². The number of carbonyl (C=O) groups excluding carboxylic acids is 2. The molecule has 1 aliphatic heterocycles. The zero-order valence-corrected chi connectivity index (χ0v) is 18.2. The van der Waals surface area contributed by atoms with Crippen LogP contribution in [0.25, 0.3) is 0 Å². The van der Waals surface area contributed by atoms with Gasteiger partial charge in [0, 0.05) is 19.1 Å². The average molecular weight is 464 g/mol. The molecule has 1 aliphatic rings. The number of pyridine rings is 1. The first-order valence-corrected chi connectivity index (χ1v) is 9.66. The molecule has 1 aromatic rings. The quantitative estimate of drug-likeness (QED) is 0.270. The van der Waals surface area contributed by atoms with Crippen LogP contribution in [0.4, 0.5) is 5.82 Å². The van der Waals surface area contributed by atoms with Crippen molar-refractivity contribution >= 4 is 29.2 Å². The minimum atomic E-state index is -1.07. The predicted octanol–water partition coefficient (Wildman–Crippen LogP) is -0.578. The molecule has 27 heavy (non-hydrogen) atoms. The second kappa shape index (κ2) is 11.7. The van der Waals surface area contributed by atoms with Gasteiger partial charge in [0.1, 0.15) is 18.1 Å². The van der Waals surface area contributed by atoms with Crippen LogP contribution in [-0.4, -0.2) is 42.6 Å². The van der Waals surface area contributed by atoms with E-state index in [4.69, 9.17) is 21.1 Å². The van der Waals surface area contributed by atoms with Gasteiger partial charge in [-0.05, 0) is 18.9 Å². The Hall–Kier alpha value is -1.02. The summed E-state index contributed by atoms with van der Waals surface area (Å²) >= 11 is 5.81. The summed E-state index contributed by atoms with van der Waals surface area (Å²) < 4.78 is 11.0. The first-order valence-electron chi connectivity index (χ1n) is 9.28. The third-order valence-corrected chi connectivity index (χ3v) is 5.04. The van der Waals surface area contributed by atoms with Crippen LogP contribution >= 0.6 is 11.6 Å². The molecule has 152 valence electrons. The number of quaternary nitrogens is 1. The smallest absolute Gasteiger partial charge is 0.320 e. The highest BCUT2D eigenvalue weighted by Gasteiger charge is 2.53. The molecule has 2 heterocycles. The van der Waals surface area contributed by atoms with E-state index in [1.54, 1.807) is 17.4 Å². The van der Waals surface area contributed by atoms with Crippen molar-refractivity contribution in [3.05, 3.63) is 23.4 Å². The fourth-order valence-corrected chi connectivity index (χ4v) is 3.27. The SMILES string of the molecule is CCCCCOCC1CC(CC)(C(=O)C[NH2+]c2ccc(Cl)cn2)C(=O)O1.[Br-]. The number of Topliss-reactive ketones (excluding diaryl/α,β-unsaturated/α-hetero) is 1. The second-order valence-electron chi connectivity index (χ2n) is 6.68. The first-order chi connectivity index (χ1) is 12.5. The van der Waals surface area contributed by atoms with Gasteiger partial charge in [0.15, 0.2) is 0 Å². The Labute approximate surface area is 176 Å². The number of hydrogen-bond acceptors (Lipinski definition) is 5. The van der Waals surface area contributed by atoms with Crippen molar-refractivity contribution in [2.24, 2.45) is 5.41 Å². The molecule has 0 bridgehead atoms. The van der Waals surface area contributed by atoms with Gasteiger partial charge in [-0.25, -0.2) is 4.98 Å². The van der Waals surface area contributed by atoms with Gasteiger partial charge in [-0.2, -0.15) is 0 Å². The van der Waals surface area contributed by atoms with Crippen molar-refractivity contribution in [2.75, 3.05) is 19.8 Å². The summed E-state index contributed by atoms with van der Waals surface area (Å²) in [6, 6.07) is 3.46. The van der Waals surface area contributed by atoms with Crippen LogP contribution < -0.4 is 22.3 Å². The highest BCUT2D eigenvalue weighted by atomic mass is 79.9. The molecule has 1 saturated heterocycles. The summed E-state index contributed by atoms with van der Waals surface area (Å²) in [5, 5.41) is 2.26. The number of nitrogens with zero attached hydrogens (tertiary/aromatic N) is 1. The summed E-state index contributed by atoms with van der Waals surface area (Å²) in [6.07, 6.45) is 5.25. The number of aromatic nitrogens is 1. The molecule has 0 aliphatic carbocycles. The van der Waals surface area contributed by atoms with E-state index in [0.29, 0.717) is 36.9 Å². The number of nitrogens with two attached hydrogens (primary N) is 1. The zero-order chi connectivity index (χ0) is 19.0. The van der Waals surface area contributed by atoms with E-state index in [2.05, 4.69) is 11.9 Å². The van der Waals surface area contributed by atoms with Crippen LogP contribution in [0.15, 0.2) is 18.3 Å². The van der Waals surface area contributed by atoms with Crippen LogP contribution in [0.1, 0.15) is 46.0 Å². The molecular weight excluding hydrogens is 436 g/mol. The van der Waals surface area contributed by atoms with E-state index in [1.165, 1.54) is 6.20 Å². The van der Waals surface area contributed by atoms with Crippen molar-refractivity contribution in [1.29, 1.82) is 0 Å². The molecule has 2 unspecified atom stereocenters. The molecule has 0 amide bonds. The number of halogens is 2. The van der Waals surface area contributed by atoms with Crippen LogP contribution in [0.5, 0.6) is 0 Å². The predicted molar refractivity (Wildman–Crippen MR) is 98.3 cm³/mol. The van der Waals surface area contributed by atoms with Crippen molar-refractivity contribution < 1.29 is 41.4 Å². The summed E-state index contributed by atoms with van der Waals surface area (Å²) in [5.74, 6) is 0.107. The fraction of sp³-hybridized carbons (Fsp3) is 0.632. The summed E-state index contributed by atoms with van der Waals surface area (Å²) in [7, 11) is 0. The lowest BCUT2D eigenvalue weighted by molar-refractivity contribution is -0.563. The van der Waals surface area contributed by atoms with E-state index < -0.39 is 11.4 Å². The van der Waals surface area contributed by atoms with Crippen molar-refractivity contribution in [1.82, 2.24) is 4.98 Å². The number of rotatable bonds is 11. The van der Waals surface area contributed by atoms with Crippen LogP contribution in [-0.2, 0) is 19.1 Å². The van der Waals surface area contributed by atoms with Gasteiger partial charge in [0.25, 0.3) is 0 Å². The maximum Gasteiger partial charge on any atom is 0.320 e. The van der Waals surface area contributed by atoms with Gasteiger partial charge in [0.05, 0.1) is 17.8 Å². The van der Waals surface area contributed by atoms with Crippen LogP contribution in [0.2, 0.25) is 5.02 Å². The van der Waals surface area contributed by atoms with Crippen molar-refractivity contribution in [3.8, 4) is 0 Å². The highest BCUT2D eigenvalue weighted by Crippen LogP contribution is 2.38. The topological polar surface area (TPSA) is 82.1 Å². The number of unbranched alkanes of at least 4 members (excludes halogenated alkanes) is 2. The van der Waals surface area contributed by atoms with Crippen LogP contribution in [0, 0.1) is 5.41 Å². The zero-order valence-electron chi connectivity index (χ0n) is 15.9. The molecule has 0 saturated carbocycles. The van der Waals surface area contributed by atoms with E-state index in [0.717, 1.165) is 19.3 Å². The summed E-state index contributed by atoms with van der Waals surface area (Å²) in [6.45, 7) is 5.14. The Morgan fingerprint density at radius 1 is 1.41 bits per heavy atom. The Morgan fingerprint density at radius 2 is 2.19 bits per heavy atom. The van der Waals surface area contributed by atoms with E-state index in [1.807, 2.05) is 6.92 Å². The summed E-state index contributed by atoms with van der Waals surface area (Å²) in [5.41, 5.74) is -1.07. The Kier molecular flexibility index (Phi) is 10.4. The fourth-order valence-electron chi connectivity index (χ4n) is 3.15. The molecule has 2 rings (SSSR count). The number of carbonyl (C=O) groups is 2. The Balaban J connectivity index is 0.00000364. The molecule has 8 heteroatoms. The van der Waals surface area contributed by atoms with Crippen LogP contribution in [0.3, 0.4) is 0 Å². The Bertz CT molecular complexity index is 614. The van der Waals surface area contributed by atoms with Gasteiger partial charge in [-0.1, -0.05) is 38.3 Å². The molecule has 1 aromatic heterocycles. The molecule has 0 spiro atoms. The number of ketones is 1. The number of ether oxygens (including phenoxy) is 2. The lowest BCUT2D eigenvalue weighted by atomic mass is 9.78. The standard InChI is InChI=1S/C19H27ClN2O4.BrH/c1-3-5-6-9-25-13-15-10-19(4-2,18(24)26-15)16(23)12-22-17-8-7-14(20)11-21-17;/h7-8,11,15H,3-6,9-10,12-13H2,1-2H3,(H,21,22);1H. The lowest BCUT2D eigenvalue weighted by Gasteiger charge is -2.20. The highest BCUT2D eigenvalue weighted by molar-refractivity contribution is 6.30. The van der Waals surface area contributed by atoms with Crippen molar-refractivity contribution in [3.63, 3.8) is 0 Å². The molecule has 2 atom stereocenters. The Morgan fingerprint density at radius 3 is 2.81 bits per heavy atom. The number of hydrogen-bond donors (Lipinski definition) is 1. The largest absolute Gasteiger partial charge is 1.00 e. The van der Waals surface area contributed by atoms with Crippen molar-refractivity contribution in [2.45, 2.75) is 52.1 Å². The maximum absolute atomic E-state index is 12.8. The molecular formula is C19H28BrClN2O4. The number of cyclic esters (lactones) is 1. The normalized spacial score (nSPS) is 21.6. The monoisotopic (exact) mass is 462 g/mol. The van der Waals surface area contributed by atoms with E-state index in [9.17, 15) is 9.59 Å². The molecule has 0 radical (unpaired) electrons. The average Bonchev–Trinajstić information content (AvgIpc) is 2.97. The minimum Gasteiger partial charge on any atom is -1.00 e. The van der Waals surface area contributed by atoms with E-state index in [-0.39, 0.29) is 35.4 Å². The van der Waals surface area contributed by atoms with Gasteiger partial charge < -0.3 is 26.5 Å². The first kappa shape index (κ1) is 24.0. The van der Waals surface area contributed by atoms with Gasteiger partial charge in [-0.3, -0.25) is 14.9 Å². The second-order valence-corrected chi connectivity index (χ2v) is 7.12. The van der Waals surface area contributed by atoms with Gasteiger partial charge in [0.2, 0.25) is 11.6 Å². The minimum absolute atomic E-state index is 0. The molecule has 0 aromatic carbocycles. The third-order valence-electron chi connectivity index (χ3n) is 4.82. The molecule has 1 fully saturated rings. The van der Waals surface area contributed by atoms with Gasteiger partial charge in [-0.15, -0.1) is 0 Å². The number of esters is 1. The third kappa shape index (κ3) is 6.52. The molecule has 6 nitrogen and oxygen atoms in total. The molecule has 2 N–H and O–H groups in total. The summed E-state index contributed by atoms with van der Waals surface area (Å²) in [4.78, 5) is 29.4. The maximum atomic E-state index is 12.8.